The summed E-state index contributed by atoms with van der Waals surface area (Å²) in [7, 11) is 0. The van der Waals surface area contributed by atoms with E-state index < -0.39 is 11.9 Å². The van der Waals surface area contributed by atoms with E-state index in [-0.39, 0.29) is 11.5 Å². The summed E-state index contributed by atoms with van der Waals surface area (Å²) in [6, 6.07) is 18.7. The minimum absolute atomic E-state index is 0.0764. The molecule has 4 rings (SSSR count). The van der Waals surface area contributed by atoms with Crippen LogP contribution in [-0.4, -0.2) is 22.7 Å². The highest BCUT2D eigenvalue weighted by atomic mass is 16.7. The molecule has 0 saturated carbocycles. The van der Waals surface area contributed by atoms with E-state index >= 15 is 0 Å². The molecule has 1 N–H and O–H groups in total. The van der Waals surface area contributed by atoms with Gasteiger partial charge >= 0.3 is 0 Å². The minimum atomic E-state index is -1.17. The van der Waals surface area contributed by atoms with Gasteiger partial charge in [-0.2, -0.15) is 0 Å². The number of aromatic amines is 1. The maximum atomic E-state index is 11.8. The van der Waals surface area contributed by atoms with Gasteiger partial charge in [0.1, 0.15) is 11.8 Å². The summed E-state index contributed by atoms with van der Waals surface area (Å²) in [5.74, 6) is -1.17. The number of H-pyrrole nitrogens is 1. The van der Waals surface area contributed by atoms with Crippen LogP contribution in [0.4, 0.5) is 0 Å². The first-order valence-corrected chi connectivity index (χ1v) is 10.2. The Hall–Kier alpha value is -2.80. The van der Waals surface area contributed by atoms with Gasteiger partial charge in [0.05, 0.1) is 19.3 Å². The molecule has 0 bridgehead atoms. The van der Waals surface area contributed by atoms with E-state index in [2.05, 4.69) is 9.97 Å². The molecule has 0 amide bonds. The lowest BCUT2D eigenvalue weighted by Gasteiger charge is -2.43. The predicted molar refractivity (Wildman–Crippen MR) is 113 cm³/mol. The van der Waals surface area contributed by atoms with Crippen LogP contribution in [0.15, 0.2) is 77.9 Å². The monoisotopic (exact) mass is 406 g/mol. The zero-order valence-corrected chi connectivity index (χ0v) is 17.0. The molecule has 156 valence electrons. The first kappa shape index (κ1) is 20.5. The summed E-state index contributed by atoms with van der Waals surface area (Å²) in [6.45, 7) is 2.88. The second kappa shape index (κ2) is 9.34. The van der Waals surface area contributed by atoms with Crippen LogP contribution in [0.1, 0.15) is 42.8 Å². The van der Waals surface area contributed by atoms with Crippen molar-refractivity contribution < 1.29 is 14.2 Å². The number of aromatic nitrogens is 2. The second-order valence-corrected chi connectivity index (χ2v) is 7.40. The zero-order valence-electron chi connectivity index (χ0n) is 17.0. The average Bonchev–Trinajstić information content (AvgIpc) is 2.79. The summed E-state index contributed by atoms with van der Waals surface area (Å²) in [6.07, 6.45) is 4.22. The van der Waals surface area contributed by atoms with E-state index in [1.807, 2.05) is 55.5 Å². The third-order valence-corrected chi connectivity index (χ3v) is 5.25. The number of ether oxygens (including phenoxy) is 3. The molecular weight excluding hydrogens is 380 g/mol. The van der Waals surface area contributed by atoms with Gasteiger partial charge in [0.2, 0.25) is 5.79 Å². The SMILES string of the molecule is CC(OC1(c2ccccn2)OCCCC1OCc1ccccc1)c1cc(=O)cc[nH]1. The van der Waals surface area contributed by atoms with Crippen molar-refractivity contribution in [3.63, 3.8) is 0 Å². The van der Waals surface area contributed by atoms with Gasteiger partial charge in [-0.1, -0.05) is 36.4 Å². The lowest BCUT2D eigenvalue weighted by atomic mass is 9.97. The molecule has 3 heterocycles. The van der Waals surface area contributed by atoms with E-state index in [0.717, 1.165) is 18.4 Å². The van der Waals surface area contributed by atoms with Crippen molar-refractivity contribution in [2.24, 2.45) is 0 Å². The average molecular weight is 406 g/mol. The van der Waals surface area contributed by atoms with Gasteiger partial charge in [0, 0.05) is 30.2 Å². The lowest BCUT2D eigenvalue weighted by molar-refractivity contribution is -0.338. The number of hydrogen-bond donors (Lipinski definition) is 1. The normalized spacial score (nSPS) is 22.5. The van der Waals surface area contributed by atoms with Gasteiger partial charge in [-0.25, -0.2) is 0 Å². The molecule has 0 radical (unpaired) electrons. The zero-order chi connectivity index (χ0) is 20.8. The number of nitrogens with zero attached hydrogens (tertiary/aromatic N) is 1. The van der Waals surface area contributed by atoms with Crippen molar-refractivity contribution in [3.05, 3.63) is 100 Å². The first-order chi connectivity index (χ1) is 14.7. The number of nitrogens with one attached hydrogen (secondary N) is 1. The van der Waals surface area contributed by atoms with Gasteiger partial charge < -0.3 is 19.2 Å². The molecule has 1 aromatic carbocycles. The van der Waals surface area contributed by atoms with Crippen molar-refractivity contribution in [1.82, 2.24) is 9.97 Å². The third kappa shape index (κ3) is 4.51. The van der Waals surface area contributed by atoms with Gasteiger partial charge in [-0.05, 0) is 37.5 Å². The molecular formula is C24H26N2O4. The predicted octanol–water partition coefficient (Wildman–Crippen LogP) is 4.10. The van der Waals surface area contributed by atoms with Crippen molar-refractivity contribution >= 4 is 0 Å². The second-order valence-electron chi connectivity index (χ2n) is 7.40. The summed E-state index contributed by atoms with van der Waals surface area (Å²) in [5.41, 5.74) is 2.34. The van der Waals surface area contributed by atoms with Gasteiger partial charge in [-0.15, -0.1) is 0 Å². The van der Waals surface area contributed by atoms with Crippen LogP contribution in [0.5, 0.6) is 0 Å². The molecule has 3 aromatic rings. The molecule has 3 unspecified atom stereocenters. The van der Waals surface area contributed by atoms with E-state index in [9.17, 15) is 4.79 Å². The molecule has 0 aliphatic carbocycles. The van der Waals surface area contributed by atoms with Crippen molar-refractivity contribution in [2.75, 3.05) is 6.61 Å². The molecule has 30 heavy (non-hydrogen) atoms. The van der Waals surface area contributed by atoms with Crippen LogP contribution in [0.25, 0.3) is 0 Å². The molecule has 0 spiro atoms. The largest absolute Gasteiger partial charge is 0.367 e. The standard InChI is InChI=1S/C24H26N2O4/c1-18(21-16-20(27)12-14-25-21)30-24(22-10-5-6-13-26-22)23(11-7-15-29-24)28-17-19-8-3-2-4-9-19/h2-6,8-10,12-14,16,18,23H,7,11,15,17H2,1H3,(H,25,27). The quantitative estimate of drug-likeness (QED) is 0.640. The van der Waals surface area contributed by atoms with Crippen LogP contribution in [0.2, 0.25) is 0 Å². The summed E-state index contributed by atoms with van der Waals surface area (Å²) < 4.78 is 19.1. The maximum Gasteiger partial charge on any atom is 0.240 e. The molecule has 2 aromatic heterocycles. The highest BCUT2D eigenvalue weighted by Crippen LogP contribution is 2.41. The molecule has 6 nitrogen and oxygen atoms in total. The lowest BCUT2D eigenvalue weighted by Crippen LogP contribution is -2.50. The van der Waals surface area contributed by atoms with Crippen LogP contribution < -0.4 is 5.43 Å². The highest BCUT2D eigenvalue weighted by molar-refractivity contribution is 5.16. The Labute approximate surface area is 175 Å². The number of pyridine rings is 2. The molecule has 1 saturated heterocycles. The van der Waals surface area contributed by atoms with Crippen molar-refractivity contribution in [2.45, 2.75) is 44.4 Å². The fourth-order valence-electron chi connectivity index (χ4n) is 3.74. The molecule has 1 fully saturated rings. The van der Waals surface area contributed by atoms with Crippen LogP contribution in [0.3, 0.4) is 0 Å². The Morgan fingerprint density at radius 1 is 1.20 bits per heavy atom. The third-order valence-electron chi connectivity index (χ3n) is 5.25. The fourth-order valence-corrected chi connectivity index (χ4v) is 3.74. The van der Waals surface area contributed by atoms with E-state index in [4.69, 9.17) is 14.2 Å². The maximum absolute atomic E-state index is 11.8. The van der Waals surface area contributed by atoms with Crippen molar-refractivity contribution in [1.29, 1.82) is 0 Å². The number of hydrogen-bond acceptors (Lipinski definition) is 5. The fraction of sp³-hybridized carbons (Fsp3) is 0.333. The Balaban J connectivity index is 1.65. The van der Waals surface area contributed by atoms with Gasteiger partial charge in [0.15, 0.2) is 5.43 Å². The highest BCUT2D eigenvalue weighted by Gasteiger charge is 2.48. The molecule has 1 aliphatic heterocycles. The summed E-state index contributed by atoms with van der Waals surface area (Å²) >= 11 is 0. The minimum Gasteiger partial charge on any atom is -0.367 e. The van der Waals surface area contributed by atoms with Gasteiger partial charge in [0.25, 0.3) is 0 Å². The Kier molecular flexibility index (Phi) is 6.38. The van der Waals surface area contributed by atoms with E-state index in [1.54, 1.807) is 18.5 Å². The molecule has 6 heteroatoms. The summed E-state index contributed by atoms with van der Waals surface area (Å²) in [4.78, 5) is 19.5. The smallest absolute Gasteiger partial charge is 0.240 e. The van der Waals surface area contributed by atoms with Crippen LogP contribution >= 0.6 is 0 Å². The van der Waals surface area contributed by atoms with E-state index in [0.29, 0.717) is 24.6 Å². The van der Waals surface area contributed by atoms with Crippen LogP contribution in [-0.2, 0) is 26.6 Å². The van der Waals surface area contributed by atoms with E-state index in [1.165, 1.54) is 6.07 Å². The number of rotatable bonds is 7. The molecule has 1 aliphatic rings. The van der Waals surface area contributed by atoms with Crippen LogP contribution in [0, 0.1) is 0 Å². The van der Waals surface area contributed by atoms with Gasteiger partial charge in [-0.3, -0.25) is 9.78 Å². The Morgan fingerprint density at radius 2 is 2.03 bits per heavy atom. The summed E-state index contributed by atoms with van der Waals surface area (Å²) in [5, 5.41) is 0. The Morgan fingerprint density at radius 3 is 2.80 bits per heavy atom. The topological polar surface area (TPSA) is 73.4 Å². The number of benzene rings is 1. The molecule has 3 atom stereocenters. The Bertz CT molecular complexity index is 993. The first-order valence-electron chi connectivity index (χ1n) is 10.2. The van der Waals surface area contributed by atoms with Crippen molar-refractivity contribution in [3.8, 4) is 0 Å².